The Morgan fingerprint density at radius 1 is 1.33 bits per heavy atom. The molecule has 4 rings (SSSR count). The zero-order valence-corrected chi connectivity index (χ0v) is 15.4. The van der Waals surface area contributed by atoms with E-state index in [1.807, 2.05) is 37.3 Å². The van der Waals surface area contributed by atoms with Crippen molar-refractivity contribution in [3.05, 3.63) is 63.4 Å². The lowest BCUT2D eigenvalue weighted by molar-refractivity contribution is -0.147. The van der Waals surface area contributed by atoms with Crippen molar-refractivity contribution >= 4 is 16.9 Å². The van der Waals surface area contributed by atoms with Gasteiger partial charge in [-0.1, -0.05) is 25.1 Å². The molecule has 1 unspecified atom stereocenters. The molecule has 6 heteroatoms. The summed E-state index contributed by atoms with van der Waals surface area (Å²) in [6.07, 6.45) is 0.0668. The van der Waals surface area contributed by atoms with Crippen LogP contribution in [-0.2, 0) is 16.1 Å². The van der Waals surface area contributed by atoms with Crippen molar-refractivity contribution in [1.82, 2.24) is 9.55 Å². The number of pyridine rings is 2. The van der Waals surface area contributed by atoms with Crippen molar-refractivity contribution in [2.45, 2.75) is 32.9 Å². The average Bonchev–Trinajstić information content (AvgIpc) is 3.04. The standard InChI is InChI=1S/C21H21N3O3/c1-3-18(27-19(25)10-22)15-9-17-20-14(11-24(17)21(26)12(15)2)8-13-6-4-5-7-16(13)23-20/h4-9,18H,3,10-11,22H2,1-2H3. The van der Waals surface area contributed by atoms with Crippen LogP contribution in [0.1, 0.15) is 36.1 Å². The van der Waals surface area contributed by atoms with Gasteiger partial charge in [0.15, 0.2) is 0 Å². The zero-order valence-electron chi connectivity index (χ0n) is 15.4. The Kier molecular flexibility index (Phi) is 4.28. The summed E-state index contributed by atoms with van der Waals surface area (Å²) in [7, 11) is 0. The summed E-state index contributed by atoms with van der Waals surface area (Å²) in [5.74, 6) is -0.480. The van der Waals surface area contributed by atoms with E-state index in [0.717, 1.165) is 33.4 Å². The maximum atomic E-state index is 13.0. The second-order valence-electron chi connectivity index (χ2n) is 6.78. The fourth-order valence-electron chi connectivity index (χ4n) is 3.70. The third kappa shape index (κ3) is 2.82. The number of nitrogens with zero attached hydrogens (tertiary/aromatic N) is 2. The Bertz CT molecular complexity index is 1120. The average molecular weight is 363 g/mol. The van der Waals surface area contributed by atoms with Crippen LogP contribution in [0.2, 0.25) is 0 Å². The van der Waals surface area contributed by atoms with Crippen LogP contribution in [0.3, 0.4) is 0 Å². The lowest BCUT2D eigenvalue weighted by Crippen LogP contribution is -2.26. The molecule has 1 aliphatic heterocycles. The topological polar surface area (TPSA) is 87.2 Å². The Morgan fingerprint density at radius 3 is 2.85 bits per heavy atom. The molecule has 1 aliphatic rings. The second-order valence-corrected chi connectivity index (χ2v) is 6.78. The lowest BCUT2D eigenvalue weighted by atomic mass is 10.0. The highest BCUT2D eigenvalue weighted by molar-refractivity contribution is 5.84. The van der Waals surface area contributed by atoms with E-state index in [2.05, 4.69) is 6.07 Å². The van der Waals surface area contributed by atoms with Crippen LogP contribution in [0.25, 0.3) is 22.3 Å². The first-order chi connectivity index (χ1) is 13.0. The fourth-order valence-corrected chi connectivity index (χ4v) is 3.70. The SMILES string of the molecule is CCC(OC(=O)CN)c1cc2n(c(=O)c1C)Cc1cc3ccccc3nc1-2. The van der Waals surface area contributed by atoms with Gasteiger partial charge in [0.05, 0.1) is 30.0 Å². The Balaban J connectivity index is 1.88. The summed E-state index contributed by atoms with van der Waals surface area (Å²) in [5.41, 5.74) is 10.1. The van der Waals surface area contributed by atoms with Crippen molar-refractivity contribution < 1.29 is 9.53 Å². The Morgan fingerprint density at radius 2 is 2.11 bits per heavy atom. The first-order valence-corrected chi connectivity index (χ1v) is 9.06. The van der Waals surface area contributed by atoms with E-state index in [1.165, 1.54) is 0 Å². The van der Waals surface area contributed by atoms with Gasteiger partial charge in [-0.15, -0.1) is 0 Å². The number of carbonyl (C=O) groups is 1. The lowest BCUT2D eigenvalue weighted by Gasteiger charge is -2.19. The molecule has 3 heterocycles. The number of carbonyl (C=O) groups excluding carboxylic acids is 1. The number of esters is 1. The quantitative estimate of drug-likeness (QED) is 0.563. The van der Waals surface area contributed by atoms with E-state index in [1.54, 1.807) is 11.5 Å². The molecule has 0 bridgehead atoms. The molecule has 0 spiro atoms. The molecule has 0 fully saturated rings. The molecule has 0 saturated heterocycles. The minimum absolute atomic E-state index is 0.0770. The summed E-state index contributed by atoms with van der Waals surface area (Å²) in [4.78, 5) is 29.5. The highest BCUT2D eigenvalue weighted by Gasteiger charge is 2.27. The predicted octanol–water partition coefficient (Wildman–Crippen LogP) is 2.69. The van der Waals surface area contributed by atoms with Gasteiger partial charge >= 0.3 is 5.97 Å². The van der Waals surface area contributed by atoms with Gasteiger partial charge in [0.2, 0.25) is 0 Å². The van der Waals surface area contributed by atoms with Crippen molar-refractivity contribution in [2.75, 3.05) is 6.54 Å². The summed E-state index contributed by atoms with van der Waals surface area (Å²) < 4.78 is 7.20. The van der Waals surface area contributed by atoms with E-state index in [9.17, 15) is 9.59 Å². The van der Waals surface area contributed by atoms with Crippen molar-refractivity contribution in [3.8, 4) is 11.4 Å². The van der Waals surface area contributed by atoms with Crippen LogP contribution in [0.5, 0.6) is 0 Å². The summed E-state index contributed by atoms with van der Waals surface area (Å²) >= 11 is 0. The largest absolute Gasteiger partial charge is 0.457 e. The molecular weight excluding hydrogens is 342 g/mol. The fraction of sp³-hybridized carbons (Fsp3) is 0.286. The van der Waals surface area contributed by atoms with Crippen LogP contribution in [0, 0.1) is 6.92 Å². The van der Waals surface area contributed by atoms with Gasteiger partial charge in [-0.3, -0.25) is 9.59 Å². The van der Waals surface area contributed by atoms with E-state index in [0.29, 0.717) is 18.5 Å². The van der Waals surface area contributed by atoms with Gasteiger partial charge in [0.1, 0.15) is 6.10 Å². The minimum Gasteiger partial charge on any atom is -0.457 e. The number of nitrogens with two attached hydrogens (primary N) is 1. The monoisotopic (exact) mass is 363 g/mol. The third-order valence-corrected chi connectivity index (χ3v) is 5.11. The normalized spacial score (nSPS) is 13.3. The van der Waals surface area contributed by atoms with Crippen LogP contribution in [-0.4, -0.2) is 22.1 Å². The third-order valence-electron chi connectivity index (χ3n) is 5.11. The first-order valence-electron chi connectivity index (χ1n) is 9.06. The summed E-state index contributed by atoms with van der Waals surface area (Å²) in [5, 5.41) is 1.05. The molecule has 2 N–H and O–H groups in total. The molecule has 1 atom stereocenters. The highest BCUT2D eigenvalue weighted by Crippen LogP contribution is 2.34. The number of rotatable bonds is 4. The van der Waals surface area contributed by atoms with Crippen molar-refractivity contribution in [2.24, 2.45) is 5.73 Å². The number of aromatic nitrogens is 2. The zero-order chi connectivity index (χ0) is 19.1. The van der Waals surface area contributed by atoms with E-state index in [-0.39, 0.29) is 12.1 Å². The molecule has 3 aromatic rings. The van der Waals surface area contributed by atoms with Crippen LogP contribution in [0.4, 0.5) is 0 Å². The minimum atomic E-state index is -0.496. The maximum Gasteiger partial charge on any atom is 0.320 e. The molecule has 0 aliphatic carbocycles. The molecule has 0 saturated carbocycles. The maximum absolute atomic E-state index is 13.0. The Hall–Kier alpha value is -2.99. The summed E-state index contributed by atoms with van der Waals surface area (Å²) in [6, 6.07) is 11.9. The van der Waals surface area contributed by atoms with Gasteiger partial charge in [-0.2, -0.15) is 0 Å². The number of para-hydroxylation sites is 1. The number of hydrogen-bond donors (Lipinski definition) is 1. The predicted molar refractivity (Wildman–Crippen MR) is 103 cm³/mol. The molecule has 2 aromatic heterocycles. The van der Waals surface area contributed by atoms with E-state index < -0.39 is 12.1 Å². The molecule has 138 valence electrons. The molecule has 0 amide bonds. The molecule has 27 heavy (non-hydrogen) atoms. The second kappa shape index (κ2) is 6.63. The van der Waals surface area contributed by atoms with Gasteiger partial charge in [0, 0.05) is 22.1 Å². The van der Waals surface area contributed by atoms with E-state index >= 15 is 0 Å². The van der Waals surface area contributed by atoms with Crippen molar-refractivity contribution in [3.63, 3.8) is 0 Å². The van der Waals surface area contributed by atoms with Crippen LogP contribution in [0.15, 0.2) is 41.2 Å². The number of benzene rings is 1. The van der Waals surface area contributed by atoms with Crippen LogP contribution >= 0.6 is 0 Å². The molecule has 0 radical (unpaired) electrons. The van der Waals surface area contributed by atoms with Crippen LogP contribution < -0.4 is 11.3 Å². The highest BCUT2D eigenvalue weighted by atomic mass is 16.5. The molecule has 6 nitrogen and oxygen atoms in total. The first kappa shape index (κ1) is 17.4. The van der Waals surface area contributed by atoms with Gasteiger partial charge in [-0.05, 0) is 31.5 Å². The van der Waals surface area contributed by atoms with Gasteiger partial charge in [0.25, 0.3) is 5.56 Å². The van der Waals surface area contributed by atoms with E-state index in [4.69, 9.17) is 15.5 Å². The molecule has 1 aromatic carbocycles. The summed E-state index contributed by atoms with van der Waals surface area (Å²) in [6.45, 7) is 4.01. The smallest absolute Gasteiger partial charge is 0.320 e. The number of fused-ring (bicyclic) bond motifs is 4. The molecular formula is C21H21N3O3. The van der Waals surface area contributed by atoms with Gasteiger partial charge in [-0.25, -0.2) is 4.98 Å². The van der Waals surface area contributed by atoms with Gasteiger partial charge < -0.3 is 15.0 Å². The number of ether oxygens (including phenoxy) is 1. The number of hydrogen-bond acceptors (Lipinski definition) is 5. The van der Waals surface area contributed by atoms with Crippen molar-refractivity contribution in [1.29, 1.82) is 0 Å². The Labute approximate surface area is 156 Å².